The van der Waals surface area contributed by atoms with Crippen molar-refractivity contribution in [1.82, 2.24) is 0 Å². The number of benzene rings is 1. The molecule has 1 rings (SSSR count). The molecule has 0 amide bonds. The predicted octanol–water partition coefficient (Wildman–Crippen LogP) is 2.36. The minimum Gasteiger partial charge on any atom is -0.228 e. The Hall–Kier alpha value is -1.33. The summed E-state index contributed by atoms with van der Waals surface area (Å²) in [5, 5.41) is 19.7. The molecule has 0 aliphatic heterocycles. The Morgan fingerprint density at radius 3 is 2.58 bits per heavy atom. The van der Waals surface area contributed by atoms with Gasteiger partial charge in [0.1, 0.15) is 6.10 Å². The van der Waals surface area contributed by atoms with E-state index in [9.17, 15) is 5.11 Å². The lowest BCUT2D eigenvalue weighted by Crippen LogP contribution is -1.91. The second kappa shape index (κ2) is 3.38. The third kappa shape index (κ3) is 1.84. The van der Waals surface area contributed by atoms with Crippen molar-refractivity contribution in [3.63, 3.8) is 0 Å². The van der Waals surface area contributed by atoms with Gasteiger partial charge in [-0.05, 0) is 37.1 Å². The van der Waals surface area contributed by atoms with Gasteiger partial charge in [0.2, 0.25) is 0 Å². The molecule has 0 aliphatic rings. The van der Waals surface area contributed by atoms with Crippen molar-refractivity contribution in [3.8, 4) is 6.07 Å². The van der Waals surface area contributed by atoms with E-state index in [0.29, 0.717) is 11.1 Å². The topological polar surface area (TPSA) is 43.7 Å². The Kier molecular flexibility index (Phi) is 2.47. The first-order valence-electron chi connectivity index (χ1n) is 3.81. The zero-order valence-corrected chi connectivity index (χ0v) is 7.16. The van der Waals surface area contributed by atoms with Crippen LogP contribution in [0.3, 0.4) is 0 Å². The highest BCUT2D eigenvalue weighted by atomic mass is 16.3. The zero-order valence-electron chi connectivity index (χ0n) is 7.16. The standard InChI is InChI=1S/C10H10NO/c1-7-3-9(6-11)5-10(4-7)8(2)12/h3-5,8H,1-2H3. The van der Waals surface area contributed by atoms with Crippen LogP contribution in [-0.2, 0) is 5.11 Å². The molecule has 0 aliphatic carbocycles. The first-order chi connectivity index (χ1) is 5.63. The minimum absolute atomic E-state index is 0.563. The molecule has 61 valence electrons. The molecule has 1 aromatic rings. The highest BCUT2D eigenvalue weighted by Crippen LogP contribution is 2.16. The molecule has 0 heterocycles. The van der Waals surface area contributed by atoms with Gasteiger partial charge in [0, 0.05) is 0 Å². The van der Waals surface area contributed by atoms with Crippen LogP contribution in [0.15, 0.2) is 18.2 Å². The van der Waals surface area contributed by atoms with Gasteiger partial charge in [-0.25, -0.2) is 5.11 Å². The van der Waals surface area contributed by atoms with Crippen LogP contribution < -0.4 is 0 Å². The summed E-state index contributed by atoms with van der Waals surface area (Å²) in [4.78, 5) is 0. The number of nitriles is 1. The number of rotatable bonds is 1. The molecule has 2 nitrogen and oxygen atoms in total. The normalized spacial score (nSPS) is 12.2. The molecule has 12 heavy (non-hydrogen) atoms. The monoisotopic (exact) mass is 160 g/mol. The number of aryl methyl sites for hydroxylation is 1. The van der Waals surface area contributed by atoms with Gasteiger partial charge in [-0.1, -0.05) is 6.07 Å². The van der Waals surface area contributed by atoms with Crippen molar-refractivity contribution < 1.29 is 5.11 Å². The van der Waals surface area contributed by atoms with Crippen LogP contribution >= 0.6 is 0 Å². The van der Waals surface area contributed by atoms with E-state index < -0.39 is 6.10 Å². The molecule has 1 radical (unpaired) electrons. The molecule has 0 spiro atoms. The lowest BCUT2D eigenvalue weighted by Gasteiger charge is -2.03. The van der Waals surface area contributed by atoms with E-state index in [1.807, 2.05) is 19.1 Å². The minimum atomic E-state index is -0.753. The second-order valence-electron chi connectivity index (χ2n) is 2.89. The van der Waals surface area contributed by atoms with Crippen molar-refractivity contribution in [1.29, 1.82) is 5.26 Å². The van der Waals surface area contributed by atoms with E-state index >= 15 is 0 Å². The molecule has 1 aromatic carbocycles. The van der Waals surface area contributed by atoms with E-state index in [2.05, 4.69) is 0 Å². The van der Waals surface area contributed by atoms with E-state index in [1.54, 1.807) is 19.1 Å². The fourth-order valence-corrected chi connectivity index (χ4v) is 1.11. The summed E-state index contributed by atoms with van der Waals surface area (Å²) >= 11 is 0. The van der Waals surface area contributed by atoms with E-state index in [0.717, 1.165) is 5.56 Å². The first-order valence-corrected chi connectivity index (χ1v) is 3.81. The van der Waals surface area contributed by atoms with Gasteiger partial charge in [0.05, 0.1) is 11.6 Å². The summed E-state index contributed by atoms with van der Waals surface area (Å²) in [5.74, 6) is 0. The fourth-order valence-electron chi connectivity index (χ4n) is 1.11. The van der Waals surface area contributed by atoms with Gasteiger partial charge in [-0.2, -0.15) is 5.26 Å². The molecule has 0 saturated carbocycles. The molecular formula is C10H10NO. The van der Waals surface area contributed by atoms with Crippen LogP contribution in [0.4, 0.5) is 0 Å². The largest absolute Gasteiger partial charge is 0.228 e. The van der Waals surface area contributed by atoms with Crippen LogP contribution in [0, 0.1) is 18.3 Å². The van der Waals surface area contributed by atoms with E-state index in [-0.39, 0.29) is 0 Å². The van der Waals surface area contributed by atoms with Crippen molar-refractivity contribution in [2.24, 2.45) is 0 Å². The average molecular weight is 160 g/mol. The Morgan fingerprint density at radius 2 is 2.08 bits per heavy atom. The average Bonchev–Trinajstić information content (AvgIpc) is 2.03. The molecule has 0 bridgehead atoms. The molecule has 2 heteroatoms. The molecule has 0 fully saturated rings. The maximum atomic E-state index is 11.0. The zero-order chi connectivity index (χ0) is 9.14. The molecular weight excluding hydrogens is 150 g/mol. The van der Waals surface area contributed by atoms with Crippen LogP contribution in [0.1, 0.15) is 29.7 Å². The molecule has 0 N–H and O–H groups in total. The summed E-state index contributed by atoms with van der Waals surface area (Å²) < 4.78 is 0. The third-order valence-electron chi connectivity index (χ3n) is 1.70. The highest BCUT2D eigenvalue weighted by Gasteiger charge is 2.04. The lowest BCUT2D eigenvalue weighted by molar-refractivity contribution is 0.106. The van der Waals surface area contributed by atoms with E-state index in [1.165, 1.54) is 0 Å². The van der Waals surface area contributed by atoms with Crippen LogP contribution in [0.5, 0.6) is 0 Å². The number of hydrogen-bond acceptors (Lipinski definition) is 1. The quantitative estimate of drug-likeness (QED) is 0.621. The van der Waals surface area contributed by atoms with Gasteiger partial charge >= 0.3 is 0 Å². The lowest BCUT2D eigenvalue weighted by atomic mass is 10.0. The van der Waals surface area contributed by atoms with Gasteiger partial charge in [-0.15, -0.1) is 0 Å². The summed E-state index contributed by atoms with van der Waals surface area (Å²) in [5.41, 5.74) is 2.21. The molecule has 0 aromatic heterocycles. The van der Waals surface area contributed by atoms with Crippen molar-refractivity contribution in [2.45, 2.75) is 20.0 Å². The Morgan fingerprint density at radius 1 is 1.42 bits per heavy atom. The van der Waals surface area contributed by atoms with Crippen molar-refractivity contribution in [3.05, 3.63) is 34.9 Å². The van der Waals surface area contributed by atoms with Gasteiger partial charge < -0.3 is 0 Å². The summed E-state index contributed by atoms with van der Waals surface area (Å²) in [7, 11) is 0. The van der Waals surface area contributed by atoms with Gasteiger partial charge in [-0.3, -0.25) is 0 Å². The van der Waals surface area contributed by atoms with Gasteiger partial charge in [0.25, 0.3) is 0 Å². The number of nitrogens with zero attached hydrogens (tertiary/aromatic N) is 1. The SMILES string of the molecule is Cc1cc(C#N)cc(C(C)[O])c1. The van der Waals surface area contributed by atoms with E-state index in [4.69, 9.17) is 5.26 Å². The smallest absolute Gasteiger partial charge is 0.115 e. The first kappa shape index (κ1) is 8.76. The van der Waals surface area contributed by atoms with Crippen LogP contribution in [-0.4, -0.2) is 0 Å². The van der Waals surface area contributed by atoms with Gasteiger partial charge in [0.15, 0.2) is 0 Å². The van der Waals surface area contributed by atoms with Crippen LogP contribution in [0.25, 0.3) is 0 Å². The Labute approximate surface area is 72.1 Å². The van der Waals surface area contributed by atoms with Crippen molar-refractivity contribution in [2.75, 3.05) is 0 Å². The molecule has 1 atom stereocenters. The summed E-state index contributed by atoms with van der Waals surface area (Å²) in [6.45, 7) is 3.46. The number of hydrogen-bond donors (Lipinski definition) is 0. The predicted molar refractivity (Wildman–Crippen MR) is 45.0 cm³/mol. The summed E-state index contributed by atoms with van der Waals surface area (Å²) in [6.07, 6.45) is -0.753. The molecule has 1 unspecified atom stereocenters. The Bertz CT molecular complexity index is 323. The van der Waals surface area contributed by atoms with Crippen LogP contribution in [0.2, 0.25) is 0 Å². The maximum absolute atomic E-state index is 11.0. The Balaban J connectivity index is 3.17. The third-order valence-corrected chi connectivity index (χ3v) is 1.70. The fraction of sp³-hybridized carbons (Fsp3) is 0.300. The maximum Gasteiger partial charge on any atom is 0.115 e. The second-order valence-corrected chi connectivity index (χ2v) is 2.89. The highest BCUT2D eigenvalue weighted by molar-refractivity contribution is 5.37. The summed E-state index contributed by atoms with van der Waals surface area (Å²) in [6, 6.07) is 7.26. The molecule has 0 saturated heterocycles. The van der Waals surface area contributed by atoms with Crippen molar-refractivity contribution >= 4 is 0 Å².